The van der Waals surface area contributed by atoms with Crippen LogP contribution in [0.1, 0.15) is 12.8 Å². The van der Waals surface area contributed by atoms with E-state index in [0.29, 0.717) is 26.4 Å². The SMILES string of the molecule is COCCOCCNC(=O)C1(n2cccn2)CCNCC1.Cl. The Balaban J connectivity index is 0.00000242. The van der Waals surface area contributed by atoms with Gasteiger partial charge in [0.15, 0.2) is 0 Å². The summed E-state index contributed by atoms with van der Waals surface area (Å²) >= 11 is 0. The molecule has 0 atom stereocenters. The number of carbonyl (C=O) groups is 1. The lowest BCUT2D eigenvalue weighted by molar-refractivity contribution is -0.132. The van der Waals surface area contributed by atoms with Crippen molar-refractivity contribution in [3.05, 3.63) is 18.5 Å². The van der Waals surface area contributed by atoms with Gasteiger partial charge in [-0.15, -0.1) is 12.4 Å². The number of methoxy groups -OCH3 is 1. The van der Waals surface area contributed by atoms with Gasteiger partial charge in [-0.3, -0.25) is 9.48 Å². The predicted octanol–water partition coefficient (Wildman–Crippen LogP) is 0.163. The molecule has 1 aromatic heterocycles. The molecule has 1 aliphatic rings. The number of ether oxygens (including phenoxy) is 2. The first kappa shape index (κ1) is 18.9. The summed E-state index contributed by atoms with van der Waals surface area (Å²) in [5.74, 6) is 0.0167. The van der Waals surface area contributed by atoms with Crippen molar-refractivity contribution >= 4 is 18.3 Å². The number of rotatable bonds is 8. The molecule has 7 nitrogen and oxygen atoms in total. The number of piperidine rings is 1. The van der Waals surface area contributed by atoms with E-state index in [9.17, 15) is 4.79 Å². The van der Waals surface area contributed by atoms with Crippen LogP contribution in [0.25, 0.3) is 0 Å². The molecule has 0 aliphatic carbocycles. The van der Waals surface area contributed by atoms with Crippen LogP contribution in [0.4, 0.5) is 0 Å². The number of nitrogens with one attached hydrogen (secondary N) is 2. The minimum absolute atomic E-state index is 0. The molecule has 126 valence electrons. The molecule has 2 N–H and O–H groups in total. The lowest BCUT2D eigenvalue weighted by atomic mass is 9.87. The quantitative estimate of drug-likeness (QED) is 0.663. The molecule has 1 aromatic rings. The third-order valence-corrected chi connectivity index (χ3v) is 3.76. The Hall–Kier alpha value is -1.15. The van der Waals surface area contributed by atoms with Crippen LogP contribution >= 0.6 is 12.4 Å². The van der Waals surface area contributed by atoms with E-state index in [2.05, 4.69) is 15.7 Å². The fourth-order valence-electron chi connectivity index (χ4n) is 2.57. The summed E-state index contributed by atoms with van der Waals surface area (Å²) in [4.78, 5) is 12.6. The summed E-state index contributed by atoms with van der Waals surface area (Å²) in [5.41, 5.74) is -0.582. The van der Waals surface area contributed by atoms with Crippen molar-refractivity contribution < 1.29 is 14.3 Å². The molecule has 0 aromatic carbocycles. The molecule has 8 heteroatoms. The standard InChI is InChI=1S/C14H24N4O3.ClH/c1-20-11-12-21-10-8-16-13(19)14(3-6-15-7-4-14)18-9-2-5-17-18;/h2,5,9,15H,3-4,6-8,10-12H2,1H3,(H,16,19);1H. The van der Waals surface area contributed by atoms with E-state index in [1.165, 1.54) is 0 Å². The number of nitrogens with zero attached hydrogens (tertiary/aromatic N) is 2. The normalized spacial score (nSPS) is 16.8. The van der Waals surface area contributed by atoms with E-state index in [0.717, 1.165) is 25.9 Å². The summed E-state index contributed by atoms with van der Waals surface area (Å²) in [5, 5.41) is 10.5. The number of hydrogen-bond donors (Lipinski definition) is 2. The molecule has 0 unspecified atom stereocenters. The number of hydrogen-bond acceptors (Lipinski definition) is 5. The van der Waals surface area contributed by atoms with Gasteiger partial charge in [0.1, 0.15) is 5.54 Å². The maximum atomic E-state index is 12.6. The Kier molecular flexibility index (Phi) is 8.40. The largest absolute Gasteiger partial charge is 0.382 e. The smallest absolute Gasteiger partial charge is 0.248 e. The van der Waals surface area contributed by atoms with Crippen LogP contribution in [0.5, 0.6) is 0 Å². The molecule has 0 radical (unpaired) electrons. The van der Waals surface area contributed by atoms with E-state index in [1.807, 2.05) is 12.3 Å². The number of halogens is 1. The minimum Gasteiger partial charge on any atom is -0.382 e. The Morgan fingerprint density at radius 2 is 2.14 bits per heavy atom. The van der Waals surface area contributed by atoms with Crippen molar-refractivity contribution in [2.24, 2.45) is 0 Å². The third kappa shape index (κ3) is 4.67. The molecule has 1 amide bonds. The first-order valence-electron chi connectivity index (χ1n) is 7.35. The van der Waals surface area contributed by atoms with E-state index in [-0.39, 0.29) is 18.3 Å². The first-order chi connectivity index (χ1) is 10.3. The molecule has 22 heavy (non-hydrogen) atoms. The molecule has 0 saturated carbocycles. The van der Waals surface area contributed by atoms with Gasteiger partial charge in [-0.1, -0.05) is 0 Å². The Morgan fingerprint density at radius 3 is 2.77 bits per heavy atom. The third-order valence-electron chi connectivity index (χ3n) is 3.76. The van der Waals surface area contributed by atoms with Crippen LogP contribution in [-0.4, -0.2) is 62.3 Å². The summed E-state index contributed by atoms with van der Waals surface area (Å²) < 4.78 is 12.0. The zero-order valence-electron chi connectivity index (χ0n) is 12.9. The molecule has 0 bridgehead atoms. The Labute approximate surface area is 137 Å². The first-order valence-corrected chi connectivity index (χ1v) is 7.35. The van der Waals surface area contributed by atoms with Crippen molar-refractivity contribution in [1.29, 1.82) is 0 Å². The van der Waals surface area contributed by atoms with Crippen molar-refractivity contribution in [2.75, 3.05) is 46.6 Å². The monoisotopic (exact) mass is 332 g/mol. The molecule has 1 fully saturated rings. The van der Waals surface area contributed by atoms with Crippen LogP contribution in [0, 0.1) is 0 Å². The molecule has 2 heterocycles. The van der Waals surface area contributed by atoms with Gasteiger partial charge in [-0.25, -0.2) is 0 Å². The van der Waals surface area contributed by atoms with Crippen molar-refractivity contribution in [1.82, 2.24) is 20.4 Å². The molecular weight excluding hydrogens is 308 g/mol. The zero-order valence-corrected chi connectivity index (χ0v) is 13.7. The van der Waals surface area contributed by atoms with E-state index in [4.69, 9.17) is 9.47 Å². The summed E-state index contributed by atoms with van der Waals surface area (Å²) in [7, 11) is 1.64. The number of carbonyl (C=O) groups excluding carboxylic acids is 1. The highest BCUT2D eigenvalue weighted by atomic mass is 35.5. The van der Waals surface area contributed by atoms with Gasteiger partial charge in [0.25, 0.3) is 0 Å². The van der Waals surface area contributed by atoms with Gasteiger partial charge in [-0.05, 0) is 32.0 Å². The Morgan fingerprint density at radius 1 is 1.36 bits per heavy atom. The van der Waals surface area contributed by atoms with E-state index >= 15 is 0 Å². The van der Waals surface area contributed by atoms with Crippen molar-refractivity contribution in [3.8, 4) is 0 Å². The predicted molar refractivity (Wildman–Crippen MR) is 85.3 cm³/mol. The second-order valence-electron chi connectivity index (χ2n) is 5.09. The van der Waals surface area contributed by atoms with Crippen molar-refractivity contribution in [2.45, 2.75) is 18.4 Å². The van der Waals surface area contributed by atoms with Gasteiger partial charge in [0.2, 0.25) is 5.91 Å². The highest BCUT2D eigenvalue weighted by Gasteiger charge is 2.41. The maximum Gasteiger partial charge on any atom is 0.248 e. The van der Waals surface area contributed by atoms with Crippen LogP contribution in [0.3, 0.4) is 0 Å². The summed E-state index contributed by atoms with van der Waals surface area (Å²) in [6.07, 6.45) is 5.06. The van der Waals surface area contributed by atoms with Gasteiger partial charge in [0, 0.05) is 26.0 Å². The van der Waals surface area contributed by atoms with Gasteiger partial charge in [-0.2, -0.15) is 5.10 Å². The van der Waals surface area contributed by atoms with E-state index < -0.39 is 5.54 Å². The second kappa shape index (κ2) is 9.78. The van der Waals surface area contributed by atoms with E-state index in [1.54, 1.807) is 18.0 Å². The van der Waals surface area contributed by atoms with Gasteiger partial charge >= 0.3 is 0 Å². The molecule has 0 spiro atoms. The molecule has 1 aliphatic heterocycles. The maximum absolute atomic E-state index is 12.6. The zero-order chi connectivity index (χ0) is 15.0. The van der Waals surface area contributed by atoms with Crippen molar-refractivity contribution in [3.63, 3.8) is 0 Å². The van der Waals surface area contributed by atoms with Crippen LogP contribution in [0.2, 0.25) is 0 Å². The fraction of sp³-hybridized carbons (Fsp3) is 0.714. The molecular formula is C14H25ClN4O3. The average molecular weight is 333 g/mol. The minimum atomic E-state index is -0.582. The fourth-order valence-corrected chi connectivity index (χ4v) is 2.57. The molecule has 2 rings (SSSR count). The summed E-state index contributed by atoms with van der Waals surface area (Å²) in [6, 6.07) is 1.85. The van der Waals surface area contributed by atoms with Crippen LogP contribution in [0.15, 0.2) is 18.5 Å². The number of aromatic nitrogens is 2. The van der Waals surface area contributed by atoms with Crippen LogP contribution < -0.4 is 10.6 Å². The topological polar surface area (TPSA) is 77.4 Å². The summed E-state index contributed by atoms with van der Waals surface area (Å²) in [6.45, 7) is 3.73. The molecule has 1 saturated heterocycles. The highest BCUT2D eigenvalue weighted by molar-refractivity contribution is 5.85. The van der Waals surface area contributed by atoms with Gasteiger partial charge in [0.05, 0.1) is 19.8 Å². The highest BCUT2D eigenvalue weighted by Crippen LogP contribution is 2.26. The lowest BCUT2D eigenvalue weighted by Gasteiger charge is -2.36. The van der Waals surface area contributed by atoms with Gasteiger partial charge < -0.3 is 20.1 Å². The Bertz CT molecular complexity index is 422. The number of amides is 1. The average Bonchev–Trinajstić information content (AvgIpc) is 3.06. The van der Waals surface area contributed by atoms with Crippen LogP contribution in [-0.2, 0) is 19.8 Å². The second-order valence-corrected chi connectivity index (χ2v) is 5.09. The lowest BCUT2D eigenvalue weighted by Crippen LogP contribution is -2.55.